The lowest BCUT2D eigenvalue weighted by Gasteiger charge is -2.33. The van der Waals surface area contributed by atoms with Gasteiger partial charge in [-0.15, -0.1) is 0 Å². The van der Waals surface area contributed by atoms with Crippen LogP contribution >= 0.6 is 0 Å². The first-order valence-corrected chi connectivity index (χ1v) is 7.54. The van der Waals surface area contributed by atoms with E-state index in [0.29, 0.717) is 5.95 Å². The second-order valence-electron chi connectivity index (χ2n) is 5.64. The number of rotatable bonds is 1. The van der Waals surface area contributed by atoms with Gasteiger partial charge in [-0.1, -0.05) is 18.2 Å². The van der Waals surface area contributed by atoms with Crippen LogP contribution in [0.3, 0.4) is 0 Å². The number of aromatic nitrogens is 2. The molecule has 0 amide bonds. The maximum absolute atomic E-state index is 5.93. The highest BCUT2D eigenvalue weighted by Crippen LogP contribution is 2.35. The summed E-state index contributed by atoms with van der Waals surface area (Å²) in [5.41, 5.74) is 10.9. The van der Waals surface area contributed by atoms with Gasteiger partial charge in [-0.25, -0.2) is 4.98 Å². The smallest absolute Gasteiger partial charge is 0.222 e. The normalized spacial score (nSPS) is 17.2. The maximum atomic E-state index is 5.93. The number of hydrogen-bond donors (Lipinski definition) is 2. The quantitative estimate of drug-likeness (QED) is 0.834. The highest BCUT2D eigenvalue weighted by atomic mass is 15.2. The number of nitrogens with zero attached hydrogens (tertiary/aromatic N) is 3. The van der Waals surface area contributed by atoms with E-state index in [1.807, 2.05) is 0 Å². The average molecular weight is 281 g/mol. The second-order valence-corrected chi connectivity index (χ2v) is 5.64. The van der Waals surface area contributed by atoms with Crippen molar-refractivity contribution in [1.82, 2.24) is 15.3 Å². The zero-order valence-electron chi connectivity index (χ0n) is 12.0. The van der Waals surface area contributed by atoms with Gasteiger partial charge < -0.3 is 16.0 Å². The molecule has 0 saturated carbocycles. The summed E-state index contributed by atoms with van der Waals surface area (Å²) in [6.45, 7) is 2.75. The van der Waals surface area contributed by atoms with Crippen molar-refractivity contribution in [2.45, 2.75) is 25.8 Å². The molecule has 0 aliphatic carbocycles. The molecule has 5 heteroatoms. The van der Waals surface area contributed by atoms with Crippen molar-refractivity contribution in [3.63, 3.8) is 0 Å². The Hall–Kier alpha value is -2.14. The third-order valence-corrected chi connectivity index (χ3v) is 4.30. The van der Waals surface area contributed by atoms with E-state index in [2.05, 4.69) is 44.5 Å². The summed E-state index contributed by atoms with van der Waals surface area (Å²) in [6, 6.07) is 8.59. The molecule has 1 aromatic heterocycles. The third kappa shape index (κ3) is 2.14. The Labute approximate surface area is 124 Å². The Morgan fingerprint density at radius 3 is 3.00 bits per heavy atom. The third-order valence-electron chi connectivity index (χ3n) is 4.30. The van der Waals surface area contributed by atoms with Crippen molar-refractivity contribution in [1.29, 1.82) is 0 Å². The van der Waals surface area contributed by atoms with Gasteiger partial charge in [-0.2, -0.15) is 4.98 Å². The molecular formula is C16H19N5. The molecular weight excluding hydrogens is 262 g/mol. The number of aryl methyl sites for hydroxylation is 1. The lowest BCUT2D eigenvalue weighted by molar-refractivity contribution is 0.621. The molecule has 0 radical (unpaired) electrons. The van der Waals surface area contributed by atoms with Gasteiger partial charge in [0.15, 0.2) is 0 Å². The Morgan fingerprint density at radius 2 is 2.05 bits per heavy atom. The summed E-state index contributed by atoms with van der Waals surface area (Å²) in [6.07, 6.45) is 3.24. The van der Waals surface area contributed by atoms with Crippen molar-refractivity contribution in [3.8, 4) is 0 Å². The zero-order valence-corrected chi connectivity index (χ0v) is 12.0. The van der Waals surface area contributed by atoms with Crippen LogP contribution in [0.25, 0.3) is 0 Å². The number of anilines is 3. The fourth-order valence-corrected chi connectivity index (χ4v) is 3.34. The van der Waals surface area contributed by atoms with Crippen LogP contribution in [0.1, 0.15) is 23.2 Å². The van der Waals surface area contributed by atoms with E-state index in [1.54, 1.807) is 0 Å². The van der Waals surface area contributed by atoms with Crippen LogP contribution in [-0.4, -0.2) is 23.1 Å². The molecule has 0 saturated heterocycles. The molecule has 1 aromatic carbocycles. The number of hydrogen-bond acceptors (Lipinski definition) is 5. The van der Waals surface area contributed by atoms with Crippen LogP contribution in [0.2, 0.25) is 0 Å². The molecule has 0 fully saturated rings. The summed E-state index contributed by atoms with van der Waals surface area (Å²) >= 11 is 0. The molecule has 0 bridgehead atoms. The number of nitrogens with one attached hydrogen (secondary N) is 1. The molecule has 0 atom stereocenters. The van der Waals surface area contributed by atoms with Gasteiger partial charge >= 0.3 is 0 Å². The van der Waals surface area contributed by atoms with Gasteiger partial charge in [0.05, 0.1) is 5.69 Å². The highest BCUT2D eigenvalue weighted by molar-refractivity contribution is 5.69. The van der Waals surface area contributed by atoms with Crippen molar-refractivity contribution >= 4 is 17.5 Å². The molecule has 21 heavy (non-hydrogen) atoms. The Morgan fingerprint density at radius 1 is 1.14 bits per heavy atom. The number of para-hydroxylation sites is 1. The highest BCUT2D eigenvalue weighted by Gasteiger charge is 2.25. The Bertz CT molecular complexity index is 682. The fourth-order valence-electron chi connectivity index (χ4n) is 3.34. The summed E-state index contributed by atoms with van der Waals surface area (Å²) in [7, 11) is 0. The minimum absolute atomic E-state index is 0.371. The van der Waals surface area contributed by atoms with E-state index in [1.165, 1.54) is 16.8 Å². The largest absolute Gasteiger partial charge is 0.368 e. The van der Waals surface area contributed by atoms with Gasteiger partial charge in [-0.3, -0.25) is 0 Å². The standard InChI is InChI=1S/C16H19N5/c17-16-19-13-10-18-8-7-12(13)15(20-16)21-9-3-5-11-4-1-2-6-14(11)21/h1-2,4,6,18H,3,5,7-10H2,(H2,17,19,20). The van der Waals surface area contributed by atoms with E-state index in [4.69, 9.17) is 5.73 Å². The molecule has 0 spiro atoms. The van der Waals surface area contributed by atoms with Gasteiger partial charge in [-0.05, 0) is 37.4 Å². The van der Waals surface area contributed by atoms with E-state index >= 15 is 0 Å². The van der Waals surface area contributed by atoms with Gasteiger partial charge in [0.1, 0.15) is 5.82 Å². The predicted molar refractivity (Wildman–Crippen MR) is 83.6 cm³/mol. The minimum atomic E-state index is 0.371. The number of fused-ring (bicyclic) bond motifs is 2. The Balaban J connectivity index is 1.86. The molecule has 2 aromatic rings. The lowest BCUT2D eigenvalue weighted by atomic mass is 10.00. The van der Waals surface area contributed by atoms with Crippen molar-refractivity contribution < 1.29 is 0 Å². The molecule has 2 aliphatic heterocycles. The number of nitrogens with two attached hydrogens (primary N) is 1. The summed E-state index contributed by atoms with van der Waals surface area (Å²) in [5, 5.41) is 3.35. The van der Waals surface area contributed by atoms with Crippen LogP contribution in [-0.2, 0) is 19.4 Å². The fraction of sp³-hybridized carbons (Fsp3) is 0.375. The van der Waals surface area contributed by atoms with Crippen molar-refractivity contribution in [3.05, 3.63) is 41.1 Å². The molecule has 4 rings (SSSR count). The molecule has 108 valence electrons. The molecule has 2 aliphatic rings. The molecule has 5 nitrogen and oxygen atoms in total. The average Bonchev–Trinajstić information content (AvgIpc) is 2.53. The van der Waals surface area contributed by atoms with Crippen molar-refractivity contribution in [2.75, 3.05) is 23.7 Å². The topological polar surface area (TPSA) is 67.1 Å². The summed E-state index contributed by atoms with van der Waals surface area (Å²) in [5.74, 6) is 1.38. The van der Waals surface area contributed by atoms with E-state index < -0.39 is 0 Å². The van der Waals surface area contributed by atoms with Gasteiger partial charge in [0.2, 0.25) is 5.95 Å². The van der Waals surface area contributed by atoms with Gasteiger partial charge in [0.25, 0.3) is 0 Å². The van der Waals surface area contributed by atoms with E-state index in [0.717, 1.165) is 50.4 Å². The van der Waals surface area contributed by atoms with Gasteiger partial charge in [0, 0.05) is 24.3 Å². The maximum Gasteiger partial charge on any atom is 0.222 e. The molecule has 0 unspecified atom stereocenters. The SMILES string of the molecule is Nc1nc2c(c(N3CCCc4ccccc43)n1)CCNC2. The van der Waals surface area contributed by atoms with Crippen LogP contribution in [0.4, 0.5) is 17.5 Å². The monoisotopic (exact) mass is 281 g/mol. The van der Waals surface area contributed by atoms with E-state index in [9.17, 15) is 0 Å². The second kappa shape index (κ2) is 5.00. The number of nitrogen functional groups attached to an aromatic ring is 1. The van der Waals surface area contributed by atoms with Crippen LogP contribution in [0, 0.1) is 0 Å². The minimum Gasteiger partial charge on any atom is -0.368 e. The number of benzene rings is 1. The first-order valence-electron chi connectivity index (χ1n) is 7.54. The molecule has 3 N–H and O–H groups in total. The van der Waals surface area contributed by atoms with Crippen molar-refractivity contribution in [2.24, 2.45) is 0 Å². The first-order chi connectivity index (χ1) is 10.3. The Kier molecular flexibility index (Phi) is 3.00. The zero-order chi connectivity index (χ0) is 14.2. The van der Waals surface area contributed by atoms with Crippen LogP contribution in [0.15, 0.2) is 24.3 Å². The molecule has 3 heterocycles. The summed E-state index contributed by atoms with van der Waals surface area (Å²) < 4.78 is 0. The van der Waals surface area contributed by atoms with Crippen LogP contribution < -0.4 is 16.0 Å². The van der Waals surface area contributed by atoms with E-state index in [-0.39, 0.29) is 0 Å². The first kappa shape index (κ1) is 12.6. The lowest BCUT2D eigenvalue weighted by Crippen LogP contribution is -2.31. The van der Waals surface area contributed by atoms with Crippen LogP contribution in [0.5, 0.6) is 0 Å². The predicted octanol–water partition coefficient (Wildman–Crippen LogP) is 1.79. The summed E-state index contributed by atoms with van der Waals surface area (Å²) in [4.78, 5) is 11.3.